The number of rotatable bonds is 8. The third kappa shape index (κ3) is 4.07. The maximum Gasteiger partial charge on any atom is 0.309 e. The molecule has 1 aromatic carbocycles. The van der Waals surface area contributed by atoms with Crippen molar-refractivity contribution in [1.29, 1.82) is 0 Å². The number of hydrogen-bond donors (Lipinski definition) is 2. The van der Waals surface area contributed by atoms with Crippen molar-refractivity contribution in [3.05, 3.63) is 35.4 Å². The first-order valence-electron chi connectivity index (χ1n) is 7.48. The summed E-state index contributed by atoms with van der Waals surface area (Å²) in [6.07, 6.45) is 4.30. The van der Waals surface area contributed by atoms with Crippen LogP contribution in [0.25, 0.3) is 0 Å². The molecule has 3 nitrogen and oxygen atoms in total. The van der Waals surface area contributed by atoms with Crippen LogP contribution in [0.5, 0.6) is 0 Å². The monoisotopic (exact) mass is 278 g/mol. The fraction of sp³-hybridized carbons (Fsp3) is 0.588. The van der Waals surface area contributed by atoms with E-state index in [0.717, 1.165) is 25.7 Å². The van der Waals surface area contributed by atoms with Gasteiger partial charge in [-0.25, -0.2) is 0 Å². The Kier molecular flexibility index (Phi) is 6.21. The van der Waals surface area contributed by atoms with Gasteiger partial charge in [-0.05, 0) is 30.9 Å². The van der Waals surface area contributed by atoms with Crippen LogP contribution < -0.4 is 0 Å². The van der Waals surface area contributed by atoms with E-state index in [4.69, 9.17) is 0 Å². The molecule has 0 radical (unpaired) electrons. The first-order valence-corrected chi connectivity index (χ1v) is 7.48. The minimum atomic E-state index is -1.33. The molecule has 0 heterocycles. The van der Waals surface area contributed by atoms with Gasteiger partial charge < -0.3 is 10.2 Å². The van der Waals surface area contributed by atoms with Crippen LogP contribution in [0.15, 0.2) is 24.3 Å². The van der Waals surface area contributed by atoms with Gasteiger partial charge in [0.25, 0.3) is 0 Å². The van der Waals surface area contributed by atoms with Crippen LogP contribution in [0.3, 0.4) is 0 Å². The molecule has 0 aliphatic rings. The second kappa shape index (κ2) is 7.44. The Hall–Kier alpha value is -1.35. The predicted molar refractivity (Wildman–Crippen MR) is 80.7 cm³/mol. The van der Waals surface area contributed by atoms with E-state index in [1.165, 1.54) is 5.56 Å². The molecule has 0 fully saturated rings. The molecule has 0 spiro atoms. The van der Waals surface area contributed by atoms with Gasteiger partial charge in [-0.1, -0.05) is 57.4 Å². The number of carboxylic acid groups (broad SMARTS) is 1. The Morgan fingerprint density at radius 3 is 2.25 bits per heavy atom. The highest BCUT2D eigenvalue weighted by Crippen LogP contribution is 2.33. The lowest BCUT2D eigenvalue weighted by molar-refractivity contribution is -0.152. The maximum atomic E-state index is 11.4. The van der Waals surface area contributed by atoms with Crippen LogP contribution in [0, 0.1) is 5.92 Å². The van der Waals surface area contributed by atoms with E-state index in [1.54, 1.807) is 6.92 Å². The molecular formula is C17H26O3. The highest BCUT2D eigenvalue weighted by Gasteiger charge is 2.38. The van der Waals surface area contributed by atoms with E-state index < -0.39 is 17.5 Å². The first kappa shape index (κ1) is 16.7. The number of aliphatic hydroxyl groups is 1. The number of carboxylic acids is 1. The van der Waals surface area contributed by atoms with Crippen LogP contribution in [0.2, 0.25) is 0 Å². The average Bonchev–Trinajstić information content (AvgIpc) is 2.39. The Balaban J connectivity index is 2.96. The third-order valence-electron chi connectivity index (χ3n) is 3.90. The van der Waals surface area contributed by atoms with Crippen LogP contribution in [-0.2, 0) is 16.8 Å². The summed E-state index contributed by atoms with van der Waals surface area (Å²) in [6, 6.07) is 7.66. The van der Waals surface area contributed by atoms with Crippen molar-refractivity contribution in [3.63, 3.8) is 0 Å². The summed E-state index contributed by atoms with van der Waals surface area (Å²) in [5.41, 5.74) is 0.569. The van der Waals surface area contributed by atoms with Crippen molar-refractivity contribution in [3.8, 4) is 0 Å². The number of hydrogen-bond acceptors (Lipinski definition) is 2. The molecule has 0 saturated carbocycles. The zero-order chi connectivity index (χ0) is 15.2. The molecule has 0 aliphatic carbocycles. The molecule has 0 saturated heterocycles. The number of aryl methyl sites for hydroxylation is 1. The van der Waals surface area contributed by atoms with Gasteiger partial charge in [0, 0.05) is 0 Å². The van der Waals surface area contributed by atoms with Gasteiger partial charge in [0.2, 0.25) is 0 Å². The summed E-state index contributed by atoms with van der Waals surface area (Å²) in [4.78, 5) is 11.4. The lowest BCUT2D eigenvalue weighted by Crippen LogP contribution is -2.37. The van der Waals surface area contributed by atoms with E-state index in [2.05, 4.69) is 6.92 Å². The topological polar surface area (TPSA) is 57.5 Å². The fourth-order valence-electron chi connectivity index (χ4n) is 2.55. The normalized spacial score (nSPS) is 15.6. The Bertz CT molecular complexity index is 420. The predicted octanol–water partition coefficient (Wildman–Crippen LogP) is 3.74. The molecule has 0 aliphatic heterocycles. The smallest absolute Gasteiger partial charge is 0.309 e. The van der Waals surface area contributed by atoms with Crippen LogP contribution in [-0.4, -0.2) is 16.2 Å². The van der Waals surface area contributed by atoms with Gasteiger partial charge in [0.1, 0.15) is 5.60 Å². The van der Waals surface area contributed by atoms with Crippen molar-refractivity contribution in [2.45, 2.75) is 58.5 Å². The van der Waals surface area contributed by atoms with Gasteiger partial charge in [0.05, 0.1) is 5.92 Å². The van der Waals surface area contributed by atoms with E-state index >= 15 is 0 Å². The van der Waals surface area contributed by atoms with E-state index in [0.29, 0.717) is 12.0 Å². The molecule has 0 aromatic heterocycles. The van der Waals surface area contributed by atoms with Crippen LogP contribution >= 0.6 is 0 Å². The quantitative estimate of drug-likeness (QED) is 0.761. The van der Waals surface area contributed by atoms with E-state index in [-0.39, 0.29) is 0 Å². The van der Waals surface area contributed by atoms with Crippen LogP contribution in [0.1, 0.15) is 57.6 Å². The summed E-state index contributed by atoms with van der Waals surface area (Å²) in [5.74, 6) is -1.69. The molecular weight excluding hydrogens is 252 g/mol. The highest BCUT2D eigenvalue weighted by atomic mass is 16.4. The van der Waals surface area contributed by atoms with Gasteiger partial charge in [0.15, 0.2) is 0 Å². The number of aliphatic carboxylic acids is 1. The number of benzene rings is 1. The molecule has 3 heteroatoms. The summed E-state index contributed by atoms with van der Waals surface area (Å²) in [7, 11) is 0. The molecule has 2 atom stereocenters. The second-order valence-corrected chi connectivity index (χ2v) is 5.63. The van der Waals surface area contributed by atoms with Crippen LogP contribution in [0.4, 0.5) is 0 Å². The Labute approximate surface area is 121 Å². The highest BCUT2D eigenvalue weighted by molar-refractivity contribution is 5.72. The van der Waals surface area contributed by atoms with E-state index in [1.807, 2.05) is 31.2 Å². The lowest BCUT2D eigenvalue weighted by atomic mass is 9.79. The van der Waals surface area contributed by atoms with Crippen molar-refractivity contribution >= 4 is 5.97 Å². The minimum absolute atomic E-state index is 0.496. The first-order chi connectivity index (χ1) is 9.43. The third-order valence-corrected chi connectivity index (χ3v) is 3.90. The molecule has 1 rings (SSSR count). The Morgan fingerprint density at radius 1 is 1.20 bits per heavy atom. The molecule has 112 valence electrons. The summed E-state index contributed by atoms with van der Waals surface area (Å²) in [6.45, 7) is 5.75. The molecule has 0 bridgehead atoms. The number of unbranched alkanes of at least 4 members (excludes halogenated alkanes) is 1. The van der Waals surface area contributed by atoms with Gasteiger partial charge in [-0.15, -0.1) is 0 Å². The molecule has 1 aromatic rings. The molecule has 20 heavy (non-hydrogen) atoms. The largest absolute Gasteiger partial charge is 0.481 e. The van der Waals surface area contributed by atoms with Crippen molar-refractivity contribution in [2.75, 3.05) is 0 Å². The molecule has 2 unspecified atom stereocenters. The van der Waals surface area contributed by atoms with Gasteiger partial charge >= 0.3 is 5.97 Å². The fourth-order valence-corrected chi connectivity index (χ4v) is 2.55. The Morgan fingerprint density at radius 2 is 1.80 bits per heavy atom. The van der Waals surface area contributed by atoms with Gasteiger partial charge in [-0.3, -0.25) is 4.79 Å². The van der Waals surface area contributed by atoms with Crippen molar-refractivity contribution in [1.82, 2.24) is 0 Å². The standard InChI is InChI=1S/C17H26O3/c1-4-6-8-15(16(18)19)17(3,20)14-11-9-13(7-5-2)10-12-14/h9-12,15,20H,4-8H2,1-3H3,(H,18,19). The molecule has 0 amide bonds. The summed E-state index contributed by atoms with van der Waals surface area (Å²) < 4.78 is 0. The van der Waals surface area contributed by atoms with E-state index in [9.17, 15) is 15.0 Å². The summed E-state index contributed by atoms with van der Waals surface area (Å²) in [5, 5.41) is 20.1. The van der Waals surface area contributed by atoms with Gasteiger partial charge in [-0.2, -0.15) is 0 Å². The number of carbonyl (C=O) groups is 1. The second-order valence-electron chi connectivity index (χ2n) is 5.63. The average molecular weight is 278 g/mol. The van der Waals surface area contributed by atoms with Crippen molar-refractivity contribution < 1.29 is 15.0 Å². The van der Waals surface area contributed by atoms with Crippen molar-refractivity contribution in [2.24, 2.45) is 5.92 Å². The minimum Gasteiger partial charge on any atom is -0.481 e. The lowest BCUT2D eigenvalue weighted by Gasteiger charge is -2.30. The summed E-state index contributed by atoms with van der Waals surface area (Å²) >= 11 is 0. The zero-order valence-electron chi connectivity index (χ0n) is 12.7. The zero-order valence-corrected chi connectivity index (χ0v) is 12.7. The maximum absolute atomic E-state index is 11.4. The molecule has 2 N–H and O–H groups in total. The SMILES string of the molecule is CCCCC(C(=O)O)C(C)(O)c1ccc(CCC)cc1.